The van der Waals surface area contributed by atoms with Crippen LogP contribution in [0.4, 0.5) is 0 Å². The third-order valence-electron chi connectivity index (χ3n) is 1.37. The fourth-order valence-electron chi connectivity index (χ4n) is 0.813. The van der Waals surface area contributed by atoms with Crippen molar-refractivity contribution in [3.8, 4) is 6.07 Å². The molecule has 52 valence electrons. The molecule has 0 spiro atoms. The van der Waals surface area contributed by atoms with Gasteiger partial charge < -0.3 is 0 Å². The third-order valence-corrected chi connectivity index (χ3v) is 1.37. The van der Waals surface area contributed by atoms with Crippen LogP contribution >= 0.6 is 0 Å². The van der Waals surface area contributed by atoms with Crippen molar-refractivity contribution >= 4 is 0 Å². The number of hydrogen-bond acceptors (Lipinski definition) is 1. The van der Waals surface area contributed by atoms with Crippen molar-refractivity contribution in [2.75, 3.05) is 0 Å². The highest BCUT2D eigenvalue weighted by molar-refractivity contribution is 5.26. The van der Waals surface area contributed by atoms with Gasteiger partial charge >= 0.3 is 6.04 Å². The fraction of sp³-hybridized carbons (Fsp3) is 0.111. The predicted octanol–water partition coefficient (Wildman–Crippen LogP) is 2.17. The maximum Gasteiger partial charge on any atom is 0.332 e. The van der Waals surface area contributed by atoms with Crippen LogP contribution in [0.1, 0.15) is 11.6 Å². The monoisotopic (exact) mass is 142 g/mol. The minimum atomic E-state index is -0.642. The Bertz CT molecular complexity index is 289. The third kappa shape index (κ3) is 1.56. The first-order valence-corrected chi connectivity index (χ1v) is 3.19. The highest BCUT2D eigenvalue weighted by Gasteiger charge is 2.11. The molecule has 0 radical (unpaired) electrons. The second kappa shape index (κ2) is 3.39. The van der Waals surface area contributed by atoms with Gasteiger partial charge in [0, 0.05) is 5.56 Å². The van der Waals surface area contributed by atoms with E-state index in [-0.39, 0.29) is 0 Å². The summed E-state index contributed by atoms with van der Waals surface area (Å²) in [5.74, 6) is 0. The standard InChI is InChI=1S/C9H6N2/c1-11-9(7-10)8-5-3-2-4-6-8/h2-6,9H. The molecule has 1 atom stereocenters. The molecule has 0 bridgehead atoms. The molecule has 1 aromatic rings. The molecule has 0 aliphatic carbocycles. The van der Waals surface area contributed by atoms with Crippen LogP contribution in [0.15, 0.2) is 30.3 Å². The van der Waals surface area contributed by atoms with Crippen molar-refractivity contribution in [2.45, 2.75) is 6.04 Å². The van der Waals surface area contributed by atoms with E-state index in [2.05, 4.69) is 4.85 Å². The summed E-state index contributed by atoms with van der Waals surface area (Å²) in [6.07, 6.45) is 0. The van der Waals surface area contributed by atoms with Crippen molar-refractivity contribution in [3.05, 3.63) is 47.3 Å². The predicted molar refractivity (Wildman–Crippen MR) is 41.4 cm³/mol. The Labute approximate surface area is 65.5 Å². The van der Waals surface area contributed by atoms with Gasteiger partial charge in [-0.1, -0.05) is 30.3 Å². The number of rotatable bonds is 1. The molecule has 0 aliphatic rings. The van der Waals surface area contributed by atoms with Crippen LogP contribution in [0, 0.1) is 17.9 Å². The lowest BCUT2D eigenvalue weighted by Gasteiger charge is -1.93. The van der Waals surface area contributed by atoms with E-state index in [1.807, 2.05) is 24.3 Å². The van der Waals surface area contributed by atoms with Gasteiger partial charge in [-0.05, 0) is 0 Å². The van der Waals surface area contributed by atoms with Crippen LogP contribution < -0.4 is 0 Å². The quantitative estimate of drug-likeness (QED) is 0.552. The summed E-state index contributed by atoms with van der Waals surface area (Å²) in [4.78, 5) is 3.17. The first-order valence-electron chi connectivity index (χ1n) is 3.19. The second-order valence-corrected chi connectivity index (χ2v) is 2.07. The summed E-state index contributed by atoms with van der Waals surface area (Å²) >= 11 is 0. The van der Waals surface area contributed by atoms with Crippen LogP contribution in [0.25, 0.3) is 4.85 Å². The van der Waals surface area contributed by atoms with E-state index < -0.39 is 6.04 Å². The van der Waals surface area contributed by atoms with E-state index in [1.165, 1.54) is 0 Å². The Morgan fingerprint density at radius 3 is 2.45 bits per heavy atom. The molecule has 0 N–H and O–H groups in total. The molecular weight excluding hydrogens is 136 g/mol. The number of benzene rings is 1. The molecule has 11 heavy (non-hydrogen) atoms. The van der Waals surface area contributed by atoms with Gasteiger partial charge in [0.1, 0.15) is 0 Å². The SMILES string of the molecule is [C-]#[N+]C(C#N)c1ccccc1. The zero-order chi connectivity index (χ0) is 8.10. The lowest BCUT2D eigenvalue weighted by atomic mass is 10.1. The number of nitriles is 1. The van der Waals surface area contributed by atoms with Gasteiger partial charge in [0.25, 0.3) is 0 Å². The van der Waals surface area contributed by atoms with Crippen molar-refractivity contribution in [2.24, 2.45) is 0 Å². The maximum absolute atomic E-state index is 8.52. The Kier molecular flexibility index (Phi) is 2.25. The highest BCUT2D eigenvalue weighted by atomic mass is 14.7. The topological polar surface area (TPSA) is 28.1 Å². The summed E-state index contributed by atoms with van der Waals surface area (Å²) in [7, 11) is 0. The van der Waals surface area contributed by atoms with E-state index in [0.717, 1.165) is 5.56 Å². The van der Waals surface area contributed by atoms with Crippen LogP contribution in [-0.4, -0.2) is 0 Å². The zero-order valence-electron chi connectivity index (χ0n) is 5.86. The summed E-state index contributed by atoms with van der Waals surface area (Å²) in [6.45, 7) is 6.70. The Balaban J connectivity index is 2.96. The zero-order valence-corrected chi connectivity index (χ0v) is 5.86. The van der Waals surface area contributed by atoms with Gasteiger partial charge in [0.05, 0.1) is 0 Å². The van der Waals surface area contributed by atoms with E-state index in [0.29, 0.717) is 0 Å². The van der Waals surface area contributed by atoms with Crippen LogP contribution in [0.5, 0.6) is 0 Å². The number of hydrogen-bond donors (Lipinski definition) is 0. The lowest BCUT2D eigenvalue weighted by Crippen LogP contribution is -1.86. The van der Waals surface area contributed by atoms with Gasteiger partial charge in [-0.15, -0.1) is 0 Å². The Morgan fingerprint density at radius 1 is 1.36 bits per heavy atom. The van der Waals surface area contributed by atoms with Crippen LogP contribution in [0.3, 0.4) is 0 Å². The van der Waals surface area contributed by atoms with E-state index in [4.69, 9.17) is 11.8 Å². The molecule has 0 heterocycles. The van der Waals surface area contributed by atoms with Gasteiger partial charge in [0.15, 0.2) is 6.07 Å². The summed E-state index contributed by atoms with van der Waals surface area (Å²) in [6, 6.07) is 10.4. The normalized spacial score (nSPS) is 11.1. The van der Waals surface area contributed by atoms with Crippen molar-refractivity contribution in [1.29, 1.82) is 5.26 Å². The van der Waals surface area contributed by atoms with Crippen LogP contribution in [0.2, 0.25) is 0 Å². The van der Waals surface area contributed by atoms with E-state index in [9.17, 15) is 0 Å². The molecule has 2 nitrogen and oxygen atoms in total. The van der Waals surface area contributed by atoms with Crippen molar-refractivity contribution in [3.63, 3.8) is 0 Å². The minimum Gasteiger partial charge on any atom is -0.292 e. The molecule has 0 saturated heterocycles. The van der Waals surface area contributed by atoms with Crippen LogP contribution in [-0.2, 0) is 0 Å². The van der Waals surface area contributed by atoms with Crippen molar-refractivity contribution < 1.29 is 0 Å². The first kappa shape index (κ1) is 7.31. The molecule has 0 saturated carbocycles. The van der Waals surface area contributed by atoms with Crippen molar-refractivity contribution in [1.82, 2.24) is 0 Å². The average molecular weight is 142 g/mol. The molecule has 1 aromatic carbocycles. The van der Waals surface area contributed by atoms with Gasteiger partial charge in [-0.2, -0.15) is 5.26 Å². The van der Waals surface area contributed by atoms with E-state index >= 15 is 0 Å². The molecule has 1 rings (SSSR count). The molecule has 0 aliphatic heterocycles. The number of nitrogens with zero attached hydrogens (tertiary/aromatic N) is 2. The minimum absolute atomic E-state index is 0.642. The van der Waals surface area contributed by atoms with Gasteiger partial charge in [-0.25, -0.2) is 6.57 Å². The summed E-state index contributed by atoms with van der Waals surface area (Å²) in [5.41, 5.74) is 0.769. The Morgan fingerprint density at radius 2 is 2.00 bits per heavy atom. The first-order chi connectivity index (χ1) is 5.38. The molecule has 0 aromatic heterocycles. The van der Waals surface area contributed by atoms with Gasteiger partial charge in [-0.3, -0.25) is 4.85 Å². The molecule has 1 unspecified atom stereocenters. The Hall–Kier alpha value is -1.80. The molecule has 0 amide bonds. The fourth-order valence-corrected chi connectivity index (χ4v) is 0.813. The largest absolute Gasteiger partial charge is 0.332 e. The molecule has 0 fully saturated rings. The summed E-state index contributed by atoms with van der Waals surface area (Å²) < 4.78 is 0. The molecule has 2 heteroatoms. The van der Waals surface area contributed by atoms with E-state index in [1.54, 1.807) is 12.1 Å². The average Bonchev–Trinajstić information content (AvgIpc) is 2.09. The summed E-state index contributed by atoms with van der Waals surface area (Å²) in [5, 5.41) is 8.52. The smallest absolute Gasteiger partial charge is 0.292 e. The lowest BCUT2D eigenvalue weighted by molar-refractivity contribution is 1.09. The van der Waals surface area contributed by atoms with Gasteiger partial charge in [0.2, 0.25) is 0 Å². The molecular formula is C9H6N2. The second-order valence-electron chi connectivity index (χ2n) is 2.07. The highest BCUT2D eigenvalue weighted by Crippen LogP contribution is 2.14. The maximum atomic E-state index is 8.52.